The second kappa shape index (κ2) is 3.83. The highest BCUT2D eigenvalue weighted by Gasteiger charge is 2.12. The van der Waals surface area contributed by atoms with E-state index in [0.717, 1.165) is 10.1 Å². The van der Waals surface area contributed by atoms with Gasteiger partial charge in [0.05, 0.1) is 16.1 Å². The Balaban J connectivity index is 2.69. The molecule has 4 nitrogen and oxygen atoms in total. The highest BCUT2D eigenvalue weighted by molar-refractivity contribution is 7.21. The maximum atomic E-state index is 11.0. The summed E-state index contributed by atoms with van der Waals surface area (Å²) in [7, 11) is 0. The number of thiophene rings is 1. The van der Waals surface area contributed by atoms with Gasteiger partial charge in [0.2, 0.25) is 5.91 Å². The van der Waals surface area contributed by atoms with E-state index in [1.807, 2.05) is 12.1 Å². The average Bonchev–Trinajstić information content (AvgIpc) is 2.56. The van der Waals surface area contributed by atoms with Gasteiger partial charge in [-0.1, -0.05) is 12.1 Å². The molecular formula is C11H9N3OS. The molecule has 0 fully saturated rings. The first-order valence-corrected chi connectivity index (χ1v) is 5.44. The molecular weight excluding hydrogens is 222 g/mol. The lowest BCUT2D eigenvalue weighted by Crippen LogP contribution is -2.05. The summed E-state index contributed by atoms with van der Waals surface area (Å²) in [6.45, 7) is 1.45. The van der Waals surface area contributed by atoms with Crippen molar-refractivity contribution in [2.45, 2.75) is 6.92 Å². The van der Waals surface area contributed by atoms with E-state index in [1.54, 1.807) is 12.1 Å². The summed E-state index contributed by atoms with van der Waals surface area (Å²) in [4.78, 5) is 11.5. The zero-order chi connectivity index (χ0) is 11.7. The van der Waals surface area contributed by atoms with E-state index in [1.165, 1.54) is 18.3 Å². The Morgan fingerprint density at radius 3 is 2.94 bits per heavy atom. The Morgan fingerprint density at radius 1 is 1.56 bits per heavy atom. The molecule has 0 saturated heterocycles. The van der Waals surface area contributed by atoms with Crippen LogP contribution in [-0.2, 0) is 4.79 Å². The number of hydrogen-bond donors (Lipinski definition) is 2. The fourth-order valence-electron chi connectivity index (χ4n) is 1.51. The molecule has 2 aromatic rings. The lowest BCUT2D eigenvalue weighted by atomic mass is 10.2. The van der Waals surface area contributed by atoms with Gasteiger partial charge in [-0.15, -0.1) is 11.3 Å². The summed E-state index contributed by atoms with van der Waals surface area (Å²) in [5.41, 5.74) is 7.00. The van der Waals surface area contributed by atoms with Crippen LogP contribution in [0.25, 0.3) is 10.1 Å². The number of rotatable bonds is 1. The van der Waals surface area contributed by atoms with Crippen LogP contribution < -0.4 is 11.1 Å². The number of nitrogens with zero attached hydrogens (tertiary/aromatic N) is 1. The summed E-state index contributed by atoms with van der Waals surface area (Å²) in [6.07, 6.45) is 0. The molecule has 1 heterocycles. The van der Waals surface area contributed by atoms with Crippen LogP contribution in [0.15, 0.2) is 18.2 Å². The summed E-state index contributed by atoms with van der Waals surface area (Å²) in [5, 5.41) is 12.4. The largest absolute Gasteiger partial charge is 0.396 e. The van der Waals surface area contributed by atoms with Gasteiger partial charge in [-0.25, -0.2) is 0 Å². The van der Waals surface area contributed by atoms with Crippen LogP contribution in [0.1, 0.15) is 11.8 Å². The van der Waals surface area contributed by atoms with Gasteiger partial charge in [-0.3, -0.25) is 4.79 Å². The van der Waals surface area contributed by atoms with Gasteiger partial charge in [0, 0.05) is 12.3 Å². The Hall–Kier alpha value is -2.06. The molecule has 0 atom stereocenters. The van der Waals surface area contributed by atoms with Gasteiger partial charge in [0.1, 0.15) is 10.9 Å². The summed E-state index contributed by atoms with van der Waals surface area (Å²) < 4.78 is 0.840. The van der Waals surface area contributed by atoms with Crippen LogP contribution in [0.3, 0.4) is 0 Å². The van der Waals surface area contributed by atoms with Gasteiger partial charge in [0.15, 0.2) is 0 Å². The number of carbonyl (C=O) groups excluding carboxylic acids is 1. The van der Waals surface area contributed by atoms with E-state index >= 15 is 0 Å². The van der Waals surface area contributed by atoms with E-state index in [4.69, 9.17) is 11.0 Å². The predicted molar refractivity (Wildman–Crippen MR) is 65.3 cm³/mol. The first kappa shape index (κ1) is 10.5. The Morgan fingerprint density at radius 2 is 2.31 bits per heavy atom. The molecule has 1 aromatic carbocycles. The molecule has 16 heavy (non-hydrogen) atoms. The second-order valence-electron chi connectivity index (χ2n) is 3.32. The van der Waals surface area contributed by atoms with E-state index < -0.39 is 0 Å². The minimum Gasteiger partial charge on any atom is -0.396 e. The van der Waals surface area contributed by atoms with Gasteiger partial charge in [-0.2, -0.15) is 5.26 Å². The SMILES string of the molecule is CC(=O)Nc1cccc2c(N)c(C#N)sc12. The van der Waals surface area contributed by atoms with Crippen molar-refractivity contribution in [2.75, 3.05) is 11.1 Å². The maximum absolute atomic E-state index is 11.0. The molecule has 3 N–H and O–H groups in total. The number of nitriles is 1. The zero-order valence-electron chi connectivity index (χ0n) is 8.57. The van der Waals surface area contributed by atoms with Crippen LogP contribution in [0, 0.1) is 11.3 Å². The van der Waals surface area contributed by atoms with Crippen molar-refractivity contribution in [1.29, 1.82) is 5.26 Å². The number of nitrogen functional groups attached to an aromatic ring is 1. The number of fused-ring (bicyclic) bond motifs is 1. The first-order chi connectivity index (χ1) is 7.63. The summed E-state index contributed by atoms with van der Waals surface area (Å²) in [6, 6.07) is 7.48. The number of benzene rings is 1. The molecule has 0 aliphatic rings. The molecule has 0 spiro atoms. The van der Waals surface area contributed by atoms with Crippen molar-refractivity contribution in [3.05, 3.63) is 23.1 Å². The van der Waals surface area contributed by atoms with Gasteiger partial charge >= 0.3 is 0 Å². The Bertz CT molecular complexity index is 609. The zero-order valence-corrected chi connectivity index (χ0v) is 9.39. The predicted octanol–water partition coefficient (Wildman–Crippen LogP) is 2.31. The molecule has 5 heteroatoms. The smallest absolute Gasteiger partial charge is 0.221 e. The van der Waals surface area contributed by atoms with E-state index in [-0.39, 0.29) is 5.91 Å². The molecule has 1 aromatic heterocycles. The molecule has 2 rings (SSSR count). The lowest BCUT2D eigenvalue weighted by molar-refractivity contribution is -0.114. The van der Waals surface area contributed by atoms with Crippen molar-refractivity contribution in [2.24, 2.45) is 0 Å². The number of nitrogens with one attached hydrogen (secondary N) is 1. The summed E-state index contributed by atoms with van der Waals surface area (Å²) in [5.74, 6) is -0.141. The van der Waals surface area contributed by atoms with E-state index in [0.29, 0.717) is 16.3 Å². The minimum atomic E-state index is -0.141. The van der Waals surface area contributed by atoms with Crippen LogP contribution in [-0.4, -0.2) is 5.91 Å². The van der Waals surface area contributed by atoms with Crippen molar-refractivity contribution < 1.29 is 4.79 Å². The number of amides is 1. The van der Waals surface area contributed by atoms with Gasteiger partial charge in [0.25, 0.3) is 0 Å². The molecule has 0 radical (unpaired) electrons. The summed E-state index contributed by atoms with van der Waals surface area (Å²) >= 11 is 1.29. The molecule has 0 saturated carbocycles. The van der Waals surface area contributed by atoms with E-state index in [9.17, 15) is 4.79 Å². The third-order valence-corrected chi connectivity index (χ3v) is 3.33. The molecule has 1 amide bonds. The highest BCUT2D eigenvalue weighted by Crippen LogP contribution is 2.37. The number of nitrogens with two attached hydrogens (primary N) is 1. The molecule has 0 bridgehead atoms. The van der Waals surface area contributed by atoms with Gasteiger partial charge in [-0.05, 0) is 6.07 Å². The molecule has 0 aliphatic carbocycles. The maximum Gasteiger partial charge on any atom is 0.221 e. The second-order valence-corrected chi connectivity index (χ2v) is 4.34. The quantitative estimate of drug-likeness (QED) is 0.790. The van der Waals surface area contributed by atoms with E-state index in [2.05, 4.69) is 5.32 Å². The van der Waals surface area contributed by atoms with Crippen molar-refractivity contribution in [3.63, 3.8) is 0 Å². The fourth-order valence-corrected chi connectivity index (χ4v) is 2.50. The third-order valence-electron chi connectivity index (χ3n) is 2.17. The third kappa shape index (κ3) is 1.59. The monoisotopic (exact) mass is 231 g/mol. The number of hydrogen-bond acceptors (Lipinski definition) is 4. The lowest BCUT2D eigenvalue weighted by Gasteiger charge is -2.02. The van der Waals surface area contributed by atoms with Crippen LogP contribution in [0.2, 0.25) is 0 Å². The van der Waals surface area contributed by atoms with Crippen molar-refractivity contribution in [3.8, 4) is 6.07 Å². The minimum absolute atomic E-state index is 0.141. The number of carbonyl (C=O) groups is 1. The molecule has 0 unspecified atom stereocenters. The number of anilines is 2. The van der Waals surface area contributed by atoms with Crippen LogP contribution in [0.5, 0.6) is 0 Å². The van der Waals surface area contributed by atoms with Crippen molar-refractivity contribution >= 4 is 38.7 Å². The van der Waals surface area contributed by atoms with Crippen LogP contribution >= 0.6 is 11.3 Å². The Labute approximate surface area is 96.3 Å². The highest BCUT2D eigenvalue weighted by atomic mass is 32.1. The van der Waals surface area contributed by atoms with Crippen LogP contribution in [0.4, 0.5) is 11.4 Å². The fraction of sp³-hybridized carbons (Fsp3) is 0.0909. The Kier molecular flexibility index (Phi) is 2.50. The topological polar surface area (TPSA) is 78.9 Å². The standard InChI is InChI=1S/C11H9N3OS/c1-6(15)14-8-4-2-3-7-10(13)9(5-12)16-11(7)8/h2-4H,13H2,1H3,(H,14,15). The molecule has 0 aliphatic heterocycles. The normalized spacial score (nSPS) is 10.0. The van der Waals surface area contributed by atoms with Crippen molar-refractivity contribution in [1.82, 2.24) is 0 Å². The average molecular weight is 231 g/mol. The van der Waals surface area contributed by atoms with Gasteiger partial charge < -0.3 is 11.1 Å². The first-order valence-electron chi connectivity index (χ1n) is 4.62. The molecule has 80 valence electrons.